The van der Waals surface area contributed by atoms with Crippen molar-refractivity contribution in [2.24, 2.45) is 0 Å². The van der Waals surface area contributed by atoms with E-state index in [2.05, 4.69) is 25.4 Å². The van der Waals surface area contributed by atoms with Gasteiger partial charge < -0.3 is 15.0 Å². The molecule has 3 aromatic rings. The molecule has 1 N–H and O–H groups in total. The summed E-state index contributed by atoms with van der Waals surface area (Å²) >= 11 is 0. The number of rotatable bonds is 4. The summed E-state index contributed by atoms with van der Waals surface area (Å²) < 4.78 is 45.8. The van der Waals surface area contributed by atoms with Crippen LogP contribution in [-0.2, 0) is 10.9 Å². The van der Waals surface area contributed by atoms with Gasteiger partial charge in [-0.05, 0) is 44.0 Å². The van der Waals surface area contributed by atoms with E-state index in [1.54, 1.807) is 12.3 Å². The number of anilines is 2. The van der Waals surface area contributed by atoms with Gasteiger partial charge in [0.2, 0.25) is 0 Å². The number of morpholine rings is 1. The van der Waals surface area contributed by atoms with Crippen LogP contribution >= 0.6 is 0 Å². The fraction of sp³-hybridized carbons (Fsp3) is 0.435. The molecular weight excluding hydrogens is 419 g/mol. The first-order valence-corrected chi connectivity index (χ1v) is 10.7. The van der Waals surface area contributed by atoms with E-state index in [0.717, 1.165) is 47.9 Å². The third-order valence-electron chi connectivity index (χ3n) is 6.42. The summed E-state index contributed by atoms with van der Waals surface area (Å²) in [6.45, 7) is 6.80. The lowest BCUT2D eigenvalue weighted by Crippen LogP contribution is -2.57. The number of fused-ring (bicyclic) bond motifs is 3. The van der Waals surface area contributed by atoms with Crippen LogP contribution in [0.15, 0.2) is 30.5 Å². The largest absolute Gasteiger partial charge is 0.416 e. The van der Waals surface area contributed by atoms with E-state index < -0.39 is 17.8 Å². The number of hydrogen-bond donors (Lipinski definition) is 1. The monoisotopic (exact) mass is 443 g/mol. The Balaban J connectivity index is 1.49. The molecule has 32 heavy (non-hydrogen) atoms. The molecule has 1 aromatic carbocycles. The van der Waals surface area contributed by atoms with Gasteiger partial charge in [-0.2, -0.15) is 18.3 Å². The highest BCUT2D eigenvalue weighted by Crippen LogP contribution is 2.36. The molecule has 0 spiro atoms. The van der Waals surface area contributed by atoms with Gasteiger partial charge in [0.1, 0.15) is 5.82 Å². The number of halogens is 3. The van der Waals surface area contributed by atoms with E-state index in [-0.39, 0.29) is 17.8 Å². The van der Waals surface area contributed by atoms with Crippen molar-refractivity contribution in [3.63, 3.8) is 0 Å². The predicted molar refractivity (Wildman–Crippen MR) is 116 cm³/mol. The topological polar surface area (TPSA) is 63.2 Å². The van der Waals surface area contributed by atoms with Gasteiger partial charge in [0.25, 0.3) is 0 Å². The number of hydrogen-bond acceptors (Lipinski definition) is 6. The Labute approximate surface area is 183 Å². The molecule has 6 nitrogen and oxygen atoms in total. The van der Waals surface area contributed by atoms with E-state index in [1.807, 2.05) is 19.9 Å². The van der Waals surface area contributed by atoms with Crippen molar-refractivity contribution < 1.29 is 17.9 Å². The number of pyridine rings is 1. The molecule has 2 aromatic heterocycles. The summed E-state index contributed by atoms with van der Waals surface area (Å²) in [5.41, 5.74) is 0.898. The van der Waals surface area contributed by atoms with Crippen LogP contribution in [0.3, 0.4) is 0 Å². The molecule has 9 heteroatoms. The highest BCUT2D eigenvalue weighted by Gasteiger charge is 2.39. The fourth-order valence-corrected chi connectivity index (χ4v) is 4.70. The number of aromatic nitrogens is 3. The first-order valence-electron chi connectivity index (χ1n) is 10.7. The minimum absolute atomic E-state index is 0.208. The highest BCUT2D eigenvalue weighted by atomic mass is 19.4. The Morgan fingerprint density at radius 2 is 1.84 bits per heavy atom. The van der Waals surface area contributed by atoms with Crippen molar-refractivity contribution in [1.82, 2.24) is 15.2 Å². The van der Waals surface area contributed by atoms with Crippen molar-refractivity contribution in [1.29, 1.82) is 0 Å². The highest BCUT2D eigenvalue weighted by molar-refractivity contribution is 5.94. The number of nitrogens with one attached hydrogen (secondary N) is 1. The van der Waals surface area contributed by atoms with E-state index >= 15 is 0 Å². The average Bonchev–Trinajstić information content (AvgIpc) is 2.74. The van der Waals surface area contributed by atoms with Crippen molar-refractivity contribution in [3.8, 4) is 0 Å². The summed E-state index contributed by atoms with van der Waals surface area (Å²) in [7, 11) is 0. The maximum Gasteiger partial charge on any atom is 0.416 e. The van der Waals surface area contributed by atoms with Gasteiger partial charge in [-0.15, -0.1) is 5.10 Å². The summed E-state index contributed by atoms with van der Waals surface area (Å²) in [4.78, 5) is 6.84. The third kappa shape index (κ3) is 3.64. The second-order valence-electron chi connectivity index (χ2n) is 8.63. The zero-order chi connectivity index (χ0) is 22.6. The normalized spacial score (nSPS) is 21.4. The molecule has 2 unspecified atom stereocenters. The molecule has 0 amide bonds. The molecule has 0 aliphatic carbocycles. The molecule has 168 valence electrons. The van der Waals surface area contributed by atoms with Crippen LogP contribution in [0.25, 0.3) is 10.8 Å². The van der Waals surface area contributed by atoms with Gasteiger partial charge in [0.15, 0.2) is 5.82 Å². The Bertz CT molecular complexity index is 1170. The number of alkyl halides is 3. The molecule has 0 saturated carbocycles. The van der Waals surface area contributed by atoms with Crippen LogP contribution in [0, 0.1) is 13.8 Å². The quantitative estimate of drug-likeness (QED) is 0.624. The standard InChI is InChI=1S/C23H24F3N5O/c1-12-17(5-4-6-20(12)23(24,25)26)13(2)28-22-18-8-21(27-9-19(18)14(3)29-30-22)31-10-15-7-16(11-31)32-15/h4-6,8-9,13,15-16H,7,10-11H2,1-3H3,(H,28,30)/t13-,15?,16?/m1/s1. The number of aryl methyl sites for hydroxylation is 1. The van der Waals surface area contributed by atoms with Crippen molar-refractivity contribution in [3.05, 3.63) is 52.8 Å². The van der Waals surface area contributed by atoms with E-state index in [9.17, 15) is 13.2 Å². The smallest absolute Gasteiger partial charge is 0.371 e. The lowest BCUT2D eigenvalue weighted by molar-refractivity contribution is -0.138. The van der Waals surface area contributed by atoms with Crippen LogP contribution in [0.5, 0.6) is 0 Å². The lowest BCUT2D eigenvalue weighted by Gasteiger charge is -2.47. The van der Waals surface area contributed by atoms with Crippen LogP contribution in [0.2, 0.25) is 0 Å². The Kier molecular flexibility index (Phi) is 4.96. The van der Waals surface area contributed by atoms with Crippen molar-refractivity contribution in [2.75, 3.05) is 23.3 Å². The minimum atomic E-state index is -4.39. The predicted octanol–water partition coefficient (Wildman–Crippen LogP) is 4.81. The van der Waals surface area contributed by atoms with Crippen LogP contribution in [0.1, 0.15) is 41.8 Å². The number of piperidine rings is 1. The third-order valence-corrected chi connectivity index (χ3v) is 6.42. The molecule has 0 radical (unpaired) electrons. The molecule has 3 aliphatic heterocycles. The number of nitrogens with zero attached hydrogens (tertiary/aromatic N) is 4. The molecule has 6 rings (SSSR count). The molecule has 5 heterocycles. The number of ether oxygens (including phenoxy) is 1. The SMILES string of the molecule is Cc1c([C@@H](C)Nc2nnc(C)c3cnc(N4CC5CC(C4)O5)cc23)cccc1C(F)(F)F. The zero-order valence-electron chi connectivity index (χ0n) is 18.1. The average molecular weight is 443 g/mol. The molecule has 2 bridgehead atoms. The fourth-order valence-electron chi connectivity index (χ4n) is 4.70. The number of benzene rings is 1. The summed E-state index contributed by atoms with van der Waals surface area (Å²) in [6, 6.07) is 5.84. The maximum absolute atomic E-state index is 13.4. The van der Waals surface area contributed by atoms with Crippen molar-refractivity contribution >= 4 is 22.4 Å². The Hall–Kier alpha value is -2.94. The second-order valence-corrected chi connectivity index (χ2v) is 8.63. The summed E-state index contributed by atoms with van der Waals surface area (Å²) in [6.07, 6.45) is -0.999. The van der Waals surface area contributed by atoms with Gasteiger partial charge in [-0.1, -0.05) is 12.1 Å². The second kappa shape index (κ2) is 7.58. The van der Waals surface area contributed by atoms with Crippen LogP contribution in [0.4, 0.5) is 24.8 Å². The van der Waals surface area contributed by atoms with Gasteiger partial charge in [-0.25, -0.2) is 4.98 Å². The van der Waals surface area contributed by atoms with E-state index in [1.165, 1.54) is 13.0 Å². The van der Waals surface area contributed by atoms with Crippen molar-refractivity contribution in [2.45, 2.75) is 51.6 Å². The van der Waals surface area contributed by atoms with Gasteiger partial charge in [-0.3, -0.25) is 0 Å². The Morgan fingerprint density at radius 3 is 2.53 bits per heavy atom. The minimum Gasteiger partial charge on any atom is -0.371 e. The Morgan fingerprint density at radius 1 is 1.12 bits per heavy atom. The molecule has 3 aliphatic rings. The maximum atomic E-state index is 13.4. The van der Waals surface area contributed by atoms with Gasteiger partial charge >= 0.3 is 6.18 Å². The summed E-state index contributed by atoms with van der Waals surface area (Å²) in [5, 5.41) is 13.5. The zero-order valence-corrected chi connectivity index (χ0v) is 18.1. The molecule has 3 fully saturated rings. The van der Waals surface area contributed by atoms with E-state index in [4.69, 9.17) is 4.74 Å². The van der Waals surface area contributed by atoms with E-state index in [0.29, 0.717) is 11.4 Å². The lowest BCUT2D eigenvalue weighted by atomic mass is 9.97. The van der Waals surface area contributed by atoms with Gasteiger partial charge in [0.05, 0.1) is 29.5 Å². The first-order chi connectivity index (χ1) is 15.2. The van der Waals surface area contributed by atoms with Gasteiger partial charge in [0, 0.05) is 36.5 Å². The summed E-state index contributed by atoms with van der Waals surface area (Å²) in [5.74, 6) is 1.37. The molecular formula is C23H24F3N5O. The molecule has 3 atom stereocenters. The first kappa shape index (κ1) is 20.9. The van der Waals surface area contributed by atoms with Crippen LogP contribution < -0.4 is 10.2 Å². The molecule has 3 saturated heterocycles. The van der Waals surface area contributed by atoms with Crippen LogP contribution in [-0.4, -0.2) is 40.5 Å².